The molecule has 0 N–H and O–H groups in total. The minimum Gasteiger partial charge on any atom is -0.462 e. The average Bonchev–Trinajstić information content (AvgIpc) is 3.49. The smallest absolute Gasteiger partial charge is 0.306 e. The summed E-state index contributed by atoms with van der Waals surface area (Å²) in [6, 6.07) is 0. The molecule has 0 aliphatic heterocycles. The number of carbonyl (C=O) groups excluding carboxylic acids is 3. The lowest BCUT2D eigenvalue weighted by atomic mass is 10.0. The molecule has 1 atom stereocenters. The second-order valence-electron chi connectivity index (χ2n) is 24.8. The minimum atomic E-state index is -0.775. The SMILES string of the molecule is CC/C=C\C/C=C\C/C=C\C/C=C\C/C=C\CCCCCCCCCCCC(=O)OCC(COC(=O)CCCCCCCCCCCCCCCCCCCCCC)OC(=O)CCCCCCCCCCCCCCCCCCCCCC. The maximum atomic E-state index is 13.0. The molecule has 0 aromatic rings. The molecule has 0 radical (unpaired) electrons. The van der Waals surface area contributed by atoms with Gasteiger partial charge in [-0.2, -0.15) is 0 Å². The van der Waals surface area contributed by atoms with E-state index in [0.29, 0.717) is 19.3 Å². The number of carbonyl (C=O) groups is 3. The van der Waals surface area contributed by atoms with Crippen LogP contribution in [0.4, 0.5) is 0 Å². The lowest BCUT2D eigenvalue weighted by molar-refractivity contribution is -0.167. The van der Waals surface area contributed by atoms with E-state index >= 15 is 0 Å². The van der Waals surface area contributed by atoms with E-state index in [1.54, 1.807) is 0 Å². The van der Waals surface area contributed by atoms with E-state index < -0.39 is 6.10 Å². The first kappa shape index (κ1) is 80.1. The normalized spacial score (nSPS) is 12.4. The summed E-state index contributed by atoms with van der Waals surface area (Å²) in [4.78, 5) is 38.6. The van der Waals surface area contributed by atoms with Crippen molar-refractivity contribution in [1.82, 2.24) is 0 Å². The third-order valence-corrected chi connectivity index (χ3v) is 16.5. The van der Waals surface area contributed by atoms with Gasteiger partial charge in [-0.3, -0.25) is 14.4 Å². The van der Waals surface area contributed by atoms with Crippen LogP contribution in [-0.4, -0.2) is 37.2 Å². The van der Waals surface area contributed by atoms with Gasteiger partial charge < -0.3 is 14.2 Å². The summed E-state index contributed by atoms with van der Waals surface area (Å²) >= 11 is 0. The van der Waals surface area contributed by atoms with E-state index in [9.17, 15) is 14.4 Å². The van der Waals surface area contributed by atoms with E-state index in [0.717, 1.165) is 96.3 Å². The van der Waals surface area contributed by atoms with Crippen molar-refractivity contribution in [3.63, 3.8) is 0 Å². The molecule has 0 bridgehead atoms. The van der Waals surface area contributed by atoms with Crippen molar-refractivity contribution in [3.05, 3.63) is 60.8 Å². The van der Waals surface area contributed by atoms with Gasteiger partial charge in [-0.25, -0.2) is 0 Å². The fourth-order valence-corrected chi connectivity index (χ4v) is 11.1. The fraction of sp³-hybridized carbons (Fsp3) is 0.831. The van der Waals surface area contributed by atoms with E-state index in [2.05, 4.69) is 81.5 Å². The largest absolute Gasteiger partial charge is 0.462 e. The molecule has 0 fully saturated rings. The van der Waals surface area contributed by atoms with Gasteiger partial charge in [0.05, 0.1) is 0 Å². The van der Waals surface area contributed by atoms with Crippen molar-refractivity contribution < 1.29 is 28.6 Å². The number of hydrogen-bond acceptors (Lipinski definition) is 6. The van der Waals surface area contributed by atoms with E-state index in [-0.39, 0.29) is 31.1 Å². The van der Waals surface area contributed by atoms with Crippen LogP contribution in [0.15, 0.2) is 60.8 Å². The van der Waals surface area contributed by atoms with E-state index in [1.807, 2.05) is 0 Å². The number of esters is 3. The standard InChI is InChI=1S/C77H140O6/c1-4-7-10-13-16-19-22-25-28-31-34-37-38-39-40-41-44-46-49-52-55-58-61-64-67-70-76(79)82-73-74(83-77(80)71-68-65-62-59-56-53-50-47-43-36-33-30-27-24-21-18-15-12-9-6-3)72-81-75(78)69-66-63-60-57-54-51-48-45-42-35-32-29-26-23-20-17-14-11-8-5-2/h7,10,16,19,25,28,34,37,39-40,74H,4-6,8-9,11-15,17-18,20-24,26-27,29-33,35-36,38,41-73H2,1-3H3/b10-7-,19-16-,28-25-,37-34-,40-39-. The van der Waals surface area contributed by atoms with Gasteiger partial charge >= 0.3 is 17.9 Å². The first-order valence-electron chi connectivity index (χ1n) is 36.8. The summed E-state index contributed by atoms with van der Waals surface area (Å²) < 4.78 is 17.0. The molecule has 0 aromatic carbocycles. The van der Waals surface area contributed by atoms with Gasteiger partial charge in [-0.05, 0) is 64.2 Å². The quantitative estimate of drug-likeness (QED) is 0.0261. The van der Waals surface area contributed by atoms with Crippen LogP contribution in [0.2, 0.25) is 0 Å². The van der Waals surface area contributed by atoms with Crippen molar-refractivity contribution in [2.75, 3.05) is 13.2 Å². The molecular formula is C77H140O6. The summed E-state index contributed by atoms with van der Waals surface area (Å²) in [7, 11) is 0. The highest BCUT2D eigenvalue weighted by atomic mass is 16.6. The van der Waals surface area contributed by atoms with Gasteiger partial charge in [-0.1, -0.05) is 370 Å². The Hall–Kier alpha value is -2.89. The first-order valence-corrected chi connectivity index (χ1v) is 36.8. The fourth-order valence-electron chi connectivity index (χ4n) is 11.1. The summed E-state index contributed by atoms with van der Waals surface area (Å²) in [5.41, 5.74) is 0. The molecule has 6 nitrogen and oxygen atoms in total. The van der Waals surface area contributed by atoms with Crippen molar-refractivity contribution in [3.8, 4) is 0 Å². The molecule has 0 amide bonds. The lowest BCUT2D eigenvalue weighted by Crippen LogP contribution is -2.30. The Morgan fingerprint density at radius 2 is 0.470 bits per heavy atom. The molecule has 0 rings (SSSR count). The monoisotopic (exact) mass is 1160 g/mol. The molecule has 0 aliphatic rings. The topological polar surface area (TPSA) is 78.9 Å². The number of ether oxygens (including phenoxy) is 3. The second-order valence-corrected chi connectivity index (χ2v) is 24.8. The molecule has 0 aliphatic carbocycles. The third kappa shape index (κ3) is 69.8. The van der Waals surface area contributed by atoms with Crippen LogP contribution in [-0.2, 0) is 28.6 Å². The highest BCUT2D eigenvalue weighted by Gasteiger charge is 2.19. The summed E-state index contributed by atoms with van der Waals surface area (Å²) in [5, 5.41) is 0. The highest BCUT2D eigenvalue weighted by Crippen LogP contribution is 2.19. The lowest BCUT2D eigenvalue weighted by Gasteiger charge is -2.18. The molecule has 0 heterocycles. The summed E-state index contributed by atoms with van der Waals surface area (Å²) in [6.07, 6.45) is 92.5. The molecule has 0 saturated carbocycles. The summed E-state index contributed by atoms with van der Waals surface area (Å²) in [5.74, 6) is -0.845. The molecule has 0 spiro atoms. The molecule has 83 heavy (non-hydrogen) atoms. The highest BCUT2D eigenvalue weighted by molar-refractivity contribution is 5.71. The van der Waals surface area contributed by atoms with Crippen LogP contribution in [0.1, 0.15) is 393 Å². The maximum Gasteiger partial charge on any atom is 0.306 e. The Kier molecular flexibility index (Phi) is 69.1. The van der Waals surface area contributed by atoms with Crippen molar-refractivity contribution in [1.29, 1.82) is 0 Å². The zero-order valence-electron chi connectivity index (χ0n) is 55.7. The Morgan fingerprint density at radius 1 is 0.253 bits per heavy atom. The predicted octanol–water partition coefficient (Wildman–Crippen LogP) is 25.5. The molecule has 1 unspecified atom stereocenters. The molecule has 0 saturated heterocycles. The van der Waals surface area contributed by atoms with Crippen LogP contribution in [0.25, 0.3) is 0 Å². The molecule has 6 heteroatoms. The van der Waals surface area contributed by atoms with E-state index in [4.69, 9.17) is 14.2 Å². The third-order valence-electron chi connectivity index (χ3n) is 16.5. The zero-order valence-corrected chi connectivity index (χ0v) is 55.7. The molecule has 0 aromatic heterocycles. The predicted molar refractivity (Wildman–Crippen MR) is 362 cm³/mol. The Morgan fingerprint density at radius 3 is 0.735 bits per heavy atom. The van der Waals surface area contributed by atoms with Crippen LogP contribution < -0.4 is 0 Å². The van der Waals surface area contributed by atoms with Crippen LogP contribution in [0.5, 0.6) is 0 Å². The molecular weight excluding hydrogens is 1020 g/mol. The van der Waals surface area contributed by atoms with Gasteiger partial charge in [-0.15, -0.1) is 0 Å². The zero-order chi connectivity index (χ0) is 59.9. The van der Waals surface area contributed by atoms with Gasteiger partial charge in [0.25, 0.3) is 0 Å². The maximum absolute atomic E-state index is 13.0. The van der Waals surface area contributed by atoms with Gasteiger partial charge in [0.15, 0.2) is 6.10 Å². The van der Waals surface area contributed by atoms with Crippen LogP contribution in [0.3, 0.4) is 0 Å². The Labute approximate surface area is 517 Å². The first-order chi connectivity index (χ1) is 41.0. The van der Waals surface area contributed by atoms with Crippen molar-refractivity contribution >= 4 is 17.9 Å². The number of allylic oxidation sites excluding steroid dienone is 10. The summed E-state index contributed by atoms with van der Waals surface area (Å²) in [6.45, 7) is 6.61. The minimum absolute atomic E-state index is 0.0698. The Balaban J connectivity index is 4.33. The van der Waals surface area contributed by atoms with E-state index in [1.165, 1.54) is 257 Å². The van der Waals surface area contributed by atoms with Gasteiger partial charge in [0.1, 0.15) is 13.2 Å². The average molecular weight is 1160 g/mol. The number of unbranched alkanes of at least 4 members (excludes halogenated alkanes) is 47. The van der Waals surface area contributed by atoms with Gasteiger partial charge in [0.2, 0.25) is 0 Å². The van der Waals surface area contributed by atoms with Crippen LogP contribution >= 0.6 is 0 Å². The van der Waals surface area contributed by atoms with Crippen molar-refractivity contribution in [2.45, 2.75) is 399 Å². The molecule has 484 valence electrons. The van der Waals surface area contributed by atoms with Crippen LogP contribution in [0, 0.1) is 0 Å². The number of rotatable bonds is 68. The Bertz CT molecular complexity index is 1470. The second kappa shape index (κ2) is 71.6. The van der Waals surface area contributed by atoms with Crippen molar-refractivity contribution in [2.24, 2.45) is 0 Å². The number of hydrogen-bond donors (Lipinski definition) is 0. The van der Waals surface area contributed by atoms with Gasteiger partial charge in [0, 0.05) is 19.3 Å².